The van der Waals surface area contributed by atoms with Crippen molar-refractivity contribution in [3.8, 4) is 0 Å². The summed E-state index contributed by atoms with van der Waals surface area (Å²) >= 11 is 6.06. The number of nitrogens with one attached hydrogen (secondary N) is 3. The first-order chi connectivity index (χ1) is 13.0. The number of fused-ring (bicyclic) bond motifs is 1. The van der Waals surface area contributed by atoms with Crippen molar-refractivity contribution in [3.63, 3.8) is 0 Å². The third kappa shape index (κ3) is 5.24. The lowest BCUT2D eigenvalue weighted by Crippen LogP contribution is -2.52. The van der Waals surface area contributed by atoms with Crippen LogP contribution in [0.1, 0.15) is 51.3 Å². The molecule has 3 rings (SSSR count). The average Bonchev–Trinajstić information content (AvgIpc) is 3.00. The number of nitrogens with zero attached hydrogens (tertiary/aromatic N) is 1. The molecule has 9 heteroatoms. The molecule has 2 atom stereocenters. The van der Waals surface area contributed by atoms with E-state index in [9.17, 15) is 13.2 Å². The smallest absolute Gasteiger partial charge is 0.223 e. The Morgan fingerprint density at radius 2 is 2.04 bits per heavy atom. The molecule has 1 aliphatic rings. The fourth-order valence-corrected chi connectivity index (χ4v) is 5.17. The van der Waals surface area contributed by atoms with E-state index >= 15 is 0 Å². The predicted octanol–water partition coefficient (Wildman–Crippen LogP) is 2.93. The zero-order valence-corrected chi connectivity index (χ0v) is 18.0. The van der Waals surface area contributed by atoms with Crippen molar-refractivity contribution in [1.82, 2.24) is 20.0 Å². The molecule has 2 aromatic rings. The van der Waals surface area contributed by atoms with Gasteiger partial charge in [0.25, 0.3) is 0 Å². The van der Waals surface area contributed by atoms with Crippen LogP contribution >= 0.6 is 11.6 Å². The molecule has 1 saturated carbocycles. The van der Waals surface area contributed by atoms with Crippen molar-refractivity contribution in [2.45, 2.75) is 51.0 Å². The molecule has 1 aromatic heterocycles. The van der Waals surface area contributed by atoms with Crippen molar-refractivity contribution < 1.29 is 13.2 Å². The van der Waals surface area contributed by atoms with Gasteiger partial charge in [0.2, 0.25) is 15.9 Å². The summed E-state index contributed by atoms with van der Waals surface area (Å²) in [5, 5.41) is 3.57. The summed E-state index contributed by atoms with van der Waals surface area (Å²) in [4.78, 5) is 20.9. The number of H-pyrrole nitrogens is 1. The van der Waals surface area contributed by atoms with E-state index < -0.39 is 15.6 Å². The second-order valence-electron chi connectivity index (χ2n) is 8.26. The van der Waals surface area contributed by atoms with Gasteiger partial charge in [-0.15, -0.1) is 0 Å². The minimum absolute atomic E-state index is 0.00547. The Balaban J connectivity index is 1.74. The molecule has 0 aliphatic heterocycles. The molecule has 0 unspecified atom stereocenters. The topological polar surface area (TPSA) is 104 Å². The Morgan fingerprint density at radius 1 is 1.32 bits per heavy atom. The second kappa shape index (κ2) is 8.00. The molecule has 1 aromatic carbocycles. The number of halogens is 1. The number of aromatic nitrogens is 2. The molecule has 0 bridgehead atoms. The summed E-state index contributed by atoms with van der Waals surface area (Å²) in [5.41, 5.74) is 0.942. The average molecular weight is 427 g/mol. The van der Waals surface area contributed by atoms with E-state index in [0.717, 1.165) is 48.8 Å². The van der Waals surface area contributed by atoms with Gasteiger partial charge in [0, 0.05) is 28.9 Å². The van der Waals surface area contributed by atoms with Crippen LogP contribution in [0, 0.1) is 5.92 Å². The van der Waals surface area contributed by atoms with Crippen LogP contribution < -0.4 is 10.0 Å². The summed E-state index contributed by atoms with van der Waals surface area (Å²) in [7, 11) is -3.35. The van der Waals surface area contributed by atoms with Gasteiger partial charge in [0.1, 0.15) is 5.82 Å². The summed E-state index contributed by atoms with van der Waals surface area (Å²) in [6.07, 6.45) is 4.82. The van der Waals surface area contributed by atoms with Crippen molar-refractivity contribution in [3.05, 3.63) is 29.0 Å². The molecule has 3 N–H and O–H groups in total. The van der Waals surface area contributed by atoms with E-state index in [1.807, 2.05) is 12.1 Å². The molecule has 0 saturated heterocycles. The summed E-state index contributed by atoms with van der Waals surface area (Å²) in [6.45, 7) is 3.71. The minimum atomic E-state index is -3.35. The van der Waals surface area contributed by atoms with Crippen LogP contribution in [0.3, 0.4) is 0 Å². The van der Waals surface area contributed by atoms with Crippen LogP contribution in [0.25, 0.3) is 11.0 Å². The first-order valence-electron chi connectivity index (χ1n) is 9.46. The van der Waals surface area contributed by atoms with Crippen LogP contribution in [0.4, 0.5) is 0 Å². The Labute approximate surface area is 170 Å². The van der Waals surface area contributed by atoms with Crippen LogP contribution in [-0.4, -0.2) is 42.6 Å². The van der Waals surface area contributed by atoms with Gasteiger partial charge >= 0.3 is 0 Å². The number of sulfonamides is 1. The zero-order chi connectivity index (χ0) is 20.5. The van der Waals surface area contributed by atoms with Gasteiger partial charge in [-0.05, 0) is 44.9 Å². The highest BCUT2D eigenvalue weighted by Gasteiger charge is 2.35. The van der Waals surface area contributed by atoms with Crippen LogP contribution in [-0.2, 0) is 14.8 Å². The summed E-state index contributed by atoms with van der Waals surface area (Å²) < 4.78 is 25.5. The zero-order valence-electron chi connectivity index (χ0n) is 16.4. The molecule has 7 nitrogen and oxygen atoms in total. The second-order valence-corrected chi connectivity index (χ2v) is 10.4. The first-order valence-corrected chi connectivity index (χ1v) is 11.7. The Morgan fingerprint density at radius 3 is 2.75 bits per heavy atom. The number of imidazole rings is 1. The van der Waals surface area contributed by atoms with Gasteiger partial charge < -0.3 is 10.3 Å². The quantitative estimate of drug-likeness (QED) is 0.660. The maximum absolute atomic E-state index is 12.9. The highest BCUT2D eigenvalue weighted by Crippen LogP contribution is 2.37. The van der Waals surface area contributed by atoms with Gasteiger partial charge in [0.05, 0.1) is 17.3 Å². The lowest BCUT2D eigenvalue weighted by molar-refractivity contribution is -0.126. The molecule has 1 aliphatic carbocycles. The van der Waals surface area contributed by atoms with Gasteiger partial charge in [-0.2, -0.15) is 0 Å². The SMILES string of the molecule is CC(C)(CNC(=O)[C@H]1CCCC[C@H]1c1nc2ccc(Cl)cc2[nH]1)NS(C)(=O)=O. The van der Waals surface area contributed by atoms with E-state index in [1.54, 1.807) is 19.9 Å². The molecule has 1 fully saturated rings. The normalized spacial score (nSPS) is 21.0. The monoisotopic (exact) mass is 426 g/mol. The van der Waals surface area contributed by atoms with Crippen LogP contribution in [0.5, 0.6) is 0 Å². The first kappa shape index (κ1) is 21.1. The Bertz CT molecular complexity index is 971. The standard InChI is InChI=1S/C19H27ClN4O3S/c1-19(2,24-28(3,26)27)11-21-18(25)14-7-5-4-6-13(14)17-22-15-9-8-12(20)10-16(15)23-17/h8-10,13-14,24H,4-7,11H2,1-3H3,(H,21,25)(H,22,23)/t13-,14+/m1/s1. The Kier molecular flexibility index (Phi) is 6.03. The Hall–Kier alpha value is -1.64. The number of hydrogen-bond donors (Lipinski definition) is 3. The van der Waals surface area contributed by atoms with Crippen molar-refractivity contribution in [2.75, 3.05) is 12.8 Å². The molecule has 1 amide bonds. The summed E-state index contributed by atoms with van der Waals surface area (Å²) in [5.74, 6) is 0.557. The summed E-state index contributed by atoms with van der Waals surface area (Å²) in [6, 6.07) is 5.51. The van der Waals surface area contributed by atoms with Gasteiger partial charge in [-0.1, -0.05) is 24.4 Å². The van der Waals surface area contributed by atoms with Gasteiger partial charge in [0.15, 0.2) is 0 Å². The molecule has 28 heavy (non-hydrogen) atoms. The van der Waals surface area contributed by atoms with Gasteiger partial charge in [-0.25, -0.2) is 18.1 Å². The highest BCUT2D eigenvalue weighted by atomic mass is 35.5. The van der Waals surface area contributed by atoms with E-state index in [0.29, 0.717) is 5.02 Å². The molecule has 154 valence electrons. The fraction of sp³-hybridized carbons (Fsp3) is 0.579. The van der Waals surface area contributed by atoms with Crippen molar-refractivity contribution in [2.24, 2.45) is 5.92 Å². The molecular formula is C19H27ClN4O3S. The van der Waals surface area contributed by atoms with Crippen LogP contribution in [0.15, 0.2) is 18.2 Å². The molecular weight excluding hydrogens is 400 g/mol. The highest BCUT2D eigenvalue weighted by molar-refractivity contribution is 7.88. The molecule has 0 spiro atoms. The van der Waals surface area contributed by atoms with E-state index in [2.05, 4.69) is 20.0 Å². The fourth-order valence-electron chi connectivity index (χ4n) is 3.93. The number of hydrogen-bond acceptors (Lipinski definition) is 4. The maximum atomic E-state index is 12.9. The van der Waals surface area contributed by atoms with Crippen molar-refractivity contribution >= 4 is 38.6 Å². The number of carbonyl (C=O) groups is 1. The minimum Gasteiger partial charge on any atom is -0.354 e. The number of benzene rings is 1. The number of carbonyl (C=O) groups excluding carboxylic acids is 1. The molecule has 1 heterocycles. The predicted molar refractivity (Wildman–Crippen MR) is 111 cm³/mol. The van der Waals surface area contributed by atoms with E-state index in [1.165, 1.54) is 0 Å². The maximum Gasteiger partial charge on any atom is 0.223 e. The third-order valence-corrected chi connectivity index (χ3v) is 6.24. The van der Waals surface area contributed by atoms with E-state index in [4.69, 9.17) is 11.6 Å². The lowest BCUT2D eigenvalue weighted by Gasteiger charge is -2.31. The lowest BCUT2D eigenvalue weighted by atomic mass is 9.78. The number of amides is 1. The van der Waals surface area contributed by atoms with Gasteiger partial charge in [-0.3, -0.25) is 4.79 Å². The molecule has 0 radical (unpaired) electrons. The van der Waals surface area contributed by atoms with E-state index in [-0.39, 0.29) is 24.3 Å². The van der Waals surface area contributed by atoms with Crippen molar-refractivity contribution in [1.29, 1.82) is 0 Å². The number of rotatable bonds is 6. The largest absolute Gasteiger partial charge is 0.354 e. The van der Waals surface area contributed by atoms with Crippen LogP contribution in [0.2, 0.25) is 5.02 Å². The third-order valence-electron chi connectivity index (χ3n) is 5.08. The number of aromatic amines is 1.